The fraction of sp³-hybridized carbons (Fsp3) is 0.462. The van der Waals surface area contributed by atoms with Crippen LogP contribution in [0.1, 0.15) is 36.0 Å². The number of unbranched alkanes of at least 4 members (excludes halogenated alkanes) is 3. The van der Waals surface area contributed by atoms with Crippen LogP contribution in [0.4, 0.5) is 5.69 Å². The highest BCUT2D eigenvalue weighted by Crippen LogP contribution is 2.05. The molecule has 1 amide bonds. The minimum atomic E-state index is -0.0628. The molecule has 0 radical (unpaired) electrons. The summed E-state index contributed by atoms with van der Waals surface area (Å²) in [5, 5.41) is 11.5. The Morgan fingerprint density at radius 3 is 2.41 bits per heavy atom. The summed E-state index contributed by atoms with van der Waals surface area (Å²) in [5.74, 6) is -0.0628. The molecule has 4 heteroatoms. The van der Waals surface area contributed by atoms with Crippen molar-refractivity contribution in [2.45, 2.75) is 25.7 Å². The lowest BCUT2D eigenvalue weighted by Gasteiger charge is -2.05. The molecule has 94 valence electrons. The first-order valence-electron chi connectivity index (χ1n) is 5.98. The van der Waals surface area contributed by atoms with E-state index in [0.717, 1.165) is 25.7 Å². The smallest absolute Gasteiger partial charge is 0.251 e. The highest BCUT2D eigenvalue weighted by Gasteiger charge is 2.03. The van der Waals surface area contributed by atoms with Gasteiger partial charge in [0.15, 0.2) is 0 Å². The number of nitrogens with one attached hydrogen (secondary N) is 1. The van der Waals surface area contributed by atoms with Gasteiger partial charge in [-0.1, -0.05) is 12.8 Å². The zero-order chi connectivity index (χ0) is 12.5. The molecule has 0 aliphatic carbocycles. The number of benzene rings is 1. The molecule has 0 saturated heterocycles. The molecule has 0 heterocycles. The maximum absolute atomic E-state index is 11.7. The number of aliphatic hydroxyl groups is 1. The van der Waals surface area contributed by atoms with Crippen LogP contribution in [0.25, 0.3) is 0 Å². The Kier molecular flexibility index (Phi) is 6.10. The molecule has 0 aliphatic rings. The van der Waals surface area contributed by atoms with E-state index in [1.54, 1.807) is 24.3 Å². The van der Waals surface area contributed by atoms with Crippen molar-refractivity contribution in [3.05, 3.63) is 29.8 Å². The molecule has 0 aliphatic heterocycles. The first-order valence-corrected chi connectivity index (χ1v) is 5.98. The number of hydrogen-bond donors (Lipinski definition) is 3. The number of anilines is 1. The highest BCUT2D eigenvalue weighted by atomic mass is 16.2. The van der Waals surface area contributed by atoms with Crippen LogP contribution in [-0.2, 0) is 0 Å². The van der Waals surface area contributed by atoms with Gasteiger partial charge in [0.1, 0.15) is 0 Å². The summed E-state index contributed by atoms with van der Waals surface area (Å²) < 4.78 is 0. The van der Waals surface area contributed by atoms with E-state index in [2.05, 4.69) is 5.32 Å². The number of aliphatic hydroxyl groups excluding tert-OH is 1. The molecule has 0 bridgehead atoms. The van der Waals surface area contributed by atoms with Gasteiger partial charge in [0.25, 0.3) is 5.91 Å². The molecular formula is C13H20N2O2. The third-order valence-electron chi connectivity index (χ3n) is 2.54. The number of amides is 1. The van der Waals surface area contributed by atoms with Gasteiger partial charge in [0.2, 0.25) is 0 Å². The van der Waals surface area contributed by atoms with E-state index in [1.807, 2.05) is 0 Å². The van der Waals surface area contributed by atoms with Gasteiger partial charge in [0, 0.05) is 24.4 Å². The summed E-state index contributed by atoms with van der Waals surface area (Å²) in [5.41, 5.74) is 6.83. The molecule has 0 atom stereocenters. The van der Waals surface area contributed by atoms with Crippen LogP contribution in [0.15, 0.2) is 24.3 Å². The van der Waals surface area contributed by atoms with Crippen molar-refractivity contribution in [3.63, 3.8) is 0 Å². The number of nitrogen functional groups attached to an aromatic ring is 1. The summed E-state index contributed by atoms with van der Waals surface area (Å²) in [7, 11) is 0. The van der Waals surface area contributed by atoms with E-state index >= 15 is 0 Å². The molecule has 17 heavy (non-hydrogen) atoms. The number of carbonyl (C=O) groups excluding carboxylic acids is 1. The lowest BCUT2D eigenvalue weighted by Crippen LogP contribution is -2.24. The Hall–Kier alpha value is -1.55. The first kappa shape index (κ1) is 13.5. The van der Waals surface area contributed by atoms with E-state index in [-0.39, 0.29) is 12.5 Å². The van der Waals surface area contributed by atoms with Crippen molar-refractivity contribution in [2.24, 2.45) is 0 Å². The average molecular weight is 236 g/mol. The van der Waals surface area contributed by atoms with Crippen molar-refractivity contribution in [1.82, 2.24) is 5.32 Å². The van der Waals surface area contributed by atoms with E-state index < -0.39 is 0 Å². The minimum absolute atomic E-state index is 0.0628. The van der Waals surface area contributed by atoms with Crippen molar-refractivity contribution in [1.29, 1.82) is 0 Å². The molecule has 0 spiro atoms. The van der Waals surface area contributed by atoms with Gasteiger partial charge in [-0.25, -0.2) is 0 Å². The monoisotopic (exact) mass is 236 g/mol. The molecule has 1 aromatic carbocycles. The van der Waals surface area contributed by atoms with Gasteiger partial charge in [-0.3, -0.25) is 4.79 Å². The fourth-order valence-electron chi connectivity index (χ4n) is 1.53. The second-order valence-corrected chi connectivity index (χ2v) is 4.02. The van der Waals surface area contributed by atoms with Gasteiger partial charge in [-0.05, 0) is 37.1 Å². The van der Waals surface area contributed by atoms with E-state index in [4.69, 9.17) is 10.8 Å². The Morgan fingerprint density at radius 1 is 1.12 bits per heavy atom. The molecule has 0 aromatic heterocycles. The van der Waals surface area contributed by atoms with Gasteiger partial charge in [-0.2, -0.15) is 0 Å². The third kappa shape index (κ3) is 5.36. The summed E-state index contributed by atoms with van der Waals surface area (Å²) >= 11 is 0. The summed E-state index contributed by atoms with van der Waals surface area (Å²) in [6, 6.07) is 6.87. The second-order valence-electron chi connectivity index (χ2n) is 4.02. The van der Waals surface area contributed by atoms with Crippen molar-refractivity contribution < 1.29 is 9.90 Å². The maximum atomic E-state index is 11.7. The number of rotatable bonds is 7. The number of carbonyl (C=O) groups is 1. The Balaban J connectivity index is 2.19. The van der Waals surface area contributed by atoms with Crippen LogP contribution in [0, 0.1) is 0 Å². The van der Waals surface area contributed by atoms with Crippen LogP contribution >= 0.6 is 0 Å². The standard InChI is InChI=1S/C13H20N2O2/c14-12-7-5-11(6-8-12)13(17)15-9-3-1-2-4-10-16/h5-8,16H,1-4,9-10,14H2,(H,15,17). The highest BCUT2D eigenvalue weighted by molar-refractivity contribution is 5.94. The van der Waals surface area contributed by atoms with Crippen LogP contribution in [0.3, 0.4) is 0 Å². The van der Waals surface area contributed by atoms with Gasteiger partial charge in [-0.15, -0.1) is 0 Å². The normalized spacial score (nSPS) is 10.2. The lowest BCUT2D eigenvalue weighted by molar-refractivity contribution is 0.0953. The van der Waals surface area contributed by atoms with E-state index in [1.165, 1.54) is 0 Å². The van der Waals surface area contributed by atoms with Crippen LogP contribution in [0.5, 0.6) is 0 Å². The largest absolute Gasteiger partial charge is 0.399 e. The zero-order valence-corrected chi connectivity index (χ0v) is 9.98. The van der Waals surface area contributed by atoms with Gasteiger partial charge in [0.05, 0.1) is 0 Å². The summed E-state index contributed by atoms with van der Waals surface area (Å²) in [6.45, 7) is 0.923. The lowest BCUT2D eigenvalue weighted by atomic mass is 10.2. The van der Waals surface area contributed by atoms with Gasteiger partial charge < -0.3 is 16.2 Å². The van der Waals surface area contributed by atoms with E-state index in [9.17, 15) is 4.79 Å². The third-order valence-corrected chi connectivity index (χ3v) is 2.54. The second kappa shape index (κ2) is 7.68. The first-order chi connectivity index (χ1) is 8.24. The SMILES string of the molecule is Nc1ccc(C(=O)NCCCCCCO)cc1. The fourth-order valence-corrected chi connectivity index (χ4v) is 1.53. The predicted molar refractivity (Wildman–Crippen MR) is 68.7 cm³/mol. The van der Waals surface area contributed by atoms with Crippen molar-refractivity contribution in [2.75, 3.05) is 18.9 Å². The minimum Gasteiger partial charge on any atom is -0.399 e. The van der Waals surface area contributed by atoms with E-state index in [0.29, 0.717) is 17.8 Å². The molecule has 4 N–H and O–H groups in total. The Bertz CT molecular complexity index is 336. The predicted octanol–water partition coefficient (Wildman–Crippen LogP) is 1.55. The topological polar surface area (TPSA) is 75.4 Å². The molecule has 4 nitrogen and oxygen atoms in total. The molecule has 0 unspecified atom stereocenters. The van der Waals surface area contributed by atoms with Crippen molar-refractivity contribution >= 4 is 11.6 Å². The Labute approximate surface area is 102 Å². The van der Waals surface area contributed by atoms with Gasteiger partial charge >= 0.3 is 0 Å². The average Bonchev–Trinajstić information content (AvgIpc) is 2.34. The molecule has 1 rings (SSSR count). The van der Waals surface area contributed by atoms with Crippen LogP contribution in [0.2, 0.25) is 0 Å². The molecule has 0 saturated carbocycles. The Morgan fingerprint density at radius 2 is 1.76 bits per heavy atom. The summed E-state index contributed by atoms with van der Waals surface area (Å²) in [6.07, 6.45) is 3.82. The number of hydrogen-bond acceptors (Lipinski definition) is 3. The summed E-state index contributed by atoms with van der Waals surface area (Å²) in [4.78, 5) is 11.7. The van der Waals surface area contributed by atoms with Crippen LogP contribution in [-0.4, -0.2) is 24.2 Å². The van der Waals surface area contributed by atoms with Crippen molar-refractivity contribution in [3.8, 4) is 0 Å². The van der Waals surface area contributed by atoms with Crippen LogP contribution < -0.4 is 11.1 Å². The number of nitrogens with two attached hydrogens (primary N) is 1. The quantitative estimate of drug-likeness (QED) is 0.496. The zero-order valence-electron chi connectivity index (χ0n) is 9.98. The molecular weight excluding hydrogens is 216 g/mol. The maximum Gasteiger partial charge on any atom is 0.251 e. The molecule has 0 fully saturated rings. The molecule has 1 aromatic rings.